The highest BCUT2D eigenvalue weighted by Crippen LogP contribution is 2.24. The van der Waals surface area contributed by atoms with Gasteiger partial charge in [-0.05, 0) is 40.2 Å². The summed E-state index contributed by atoms with van der Waals surface area (Å²) in [6.45, 7) is 6.42. The average molecular weight is 298 g/mol. The third-order valence-electron chi connectivity index (χ3n) is 4.87. The molecule has 2 unspecified atom stereocenters. The molecule has 2 heterocycles. The van der Waals surface area contributed by atoms with Crippen LogP contribution in [0.4, 0.5) is 0 Å². The molecule has 0 aromatic carbocycles. The van der Waals surface area contributed by atoms with Gasteiger partial charge in [0.1, 0.15) is 0 Å². The van der Waals surface area contributed by atoms with E-state index in [1.165, 1.54) is 6.42 Å². The van der Waals surface area contributed by atoms with Crippen LogP contribution in [0.5, 0.6) is 0 Å². The second-order valence-corrected chi connectivity index (χ2v) is 6.94. The van der Waals surface area contributed by atoms with Crippen LogP contribution in [0, 0.1) is 0 Å². The van der Waals surface area contributed by atoms with Crippen molar-refractivity contribution in [2.75, 3.05) is 33.4 Å². The molecule has 2 fully saturated rings. The lowest BCUT2D eigenvalue weighted by atomic mass is 9.94. The quantitative estimate of drug-likeness (QED) is 0.849. The fraction of sp³-hybridized carbons (Fsp3) is 0.938. The van der Waals surface area contributed by atoms with E-state index in [4.69, 9.17) is 4.74 Å². The molecular formula is C16H30N2O3. The van der Waals surface area contributed by atoms with Gasteiger partial charge in [-0.25, -0.2) is 0 Å². The smallest absolute Gasteiger partial charge is 0.237 e. The van der Waals surface area contributed by atoms with Crippen molar-refractivity contribution >= 4 is 5.91 Å². The Morgan fingerprint density at radius 1 is 1.29 bits per heavy atom. The van der Waals surface area contributed by atoms with Crippen molar-refractivity contribution in [1.29, 1.82) is 0 Å². The van der Waals surface area contributed by atoms with Crippen LogP contribution in [-0.2, 0) is 9.53 Å². The SMILES string of the molecule is CC1CCCC(C)N1C(=O)CN(C)CC1(O)CCOCC1. The van der Waals surface area contributed by atoms with Crippen molar-refractivity contribution in [3.63, 3.8) is 0 Å². The number of nitrogens with zero attached hydrogens (tertiary/aromatic N) is 2. The van der Waals surface area contributed by atoms with Gasteiger partial charge in [0.05, 0.1) is 12.1 Å². The van der Waals surface area contributed by atoms with Crippen molar-refractivity contribution in [3.8, 4) is 0 Å². The molecule has 0 saturated carbocycles. The van der Waals surface area contributed by atoms with Crippen molar-refractivity contribution in [2.24, 2.45) is 0 Å². The molecular weight excluding hydrogens is 268 g/mol. The molecule has 0 aromatic heterocycles. The normalized spacial score (nSPS) is 29.7. The van der Waals surface area contributed by atoms with Gasteiger partial charge < -0.3 is 14.7 Å². The Balaban J connectivity index is 1.86. The van der Waals surface area contributed by atoms with Gasteiger partial charge in [0, 0.05) is 44.7 Å². The summed E-state index contributed by atoms with van der Waals surface area (Å²) in [6.07, 6.45) is 4.72. The minimum Gasteiger partial charge on any atom is -0.388 e. The highest BCUT2D eigenvalue weighted by molar-refractivity contribution is 5.79. The molecule has 1 amide bonds. The van der Waals surface area contributed by atoms with E-state index in [0.717, 1.165) is 12.8 Å². The Hall–Kier alpha value is -0.650. The topological polar surface area (TPSA) is 53.0 Å². The van der Waals surface area contributed by atoms with E-state index in [1.807, 2.05) is 16.8 Å². The lowest BCUT2D eigenvalue weighted by molar-refractivity contribution is -0.139. The summed E-state index contributed by atoms with van der Waals surface area (Å²) < 4.78 is 5.30. The lowest BCUT2D eigenvalue weighted by Gasteiger charge is -2.41. The zero-order valence-electron chi connectivity index (χ0n) is 13.7. The van der Waals surface area contributed by atoms with Gasteiger partial charge in [-0.1, -0.05) is 0 Å². The first-order valence-corrected chi connectivity index (χ1v) is 8.21. The second kappa shape index (κ2) is 7.07. The number of carbonyl (C=O) groups excluding carboxylic acids is 1. The largest absolute Gasteiger partial charge is 0.388 e. The Kier molecular flexibility index (Phi) is 5.63. The number of piperidine rings is 1. The second-order valence-electron chi connectivity index (χ2n) is 6.94. The first-order chi connectivity index (χ1) is 9.91. The molecule has 0 radical (unpaired) electrons. The van der Waals surface area contributed by atoms with Crippen LogP contribution >= 0.6 is 0 Å². The molecule has 1 N–H and O–H groups in total. The highest BCUT2D eigenvalue weighted by Gasteiger charge is 2.33. The van der Waals surface area contributed by atoms with Gasteiger partial charge in [-0.15, -0.1) is 0 Å². The predicted molar refractivity (Wildman–Crippen MR) is 82.1 cm³/mol. The summed E-state index contributed by atoms with van der Waals surface area (Å²) in [5.74, 6) is 0.188. The summed E-state index contributed by atoms with van der Waals surface area (Å²) in [6, 6.07) is 0.668. The van der Waals surface area contributed by atoms with Gasteiger partial charge in [-0.2, -0.15) is 0 Å². The minimum absolute atomic E-state index is 0.188. The highest BCUT2D eigenvalue weighted by atomic mass is 16.5. The zero-order chi connectivity index (χ0) is 15.5. The number of hydrogen-bond acceptors (Lipinski definition) is 4. The number of hydrogen-bond donors (Lipinski definition) is 1. The molecule has 0 aliphatic carbocycles. The van der Waals surface area contributed by atoms with Crippen LogP contribution in [0.3, 0.4) is 0 Å². The predicted octanol–water partition coefficient (Wildman–Crippen LogP) is 1.25. The molecule has 5 heteroatoms. The fourth-order valence-electron chi connectivity index (χ4n) is 3.69. The first-order valence-electron chi connectivity index (χ1n) is 8.21. The lowest BCUT2D eigenvalue weighted by Crippen LogP contribution is -2.53. The minimum atomic E-state index is -0.702. The summed E-state index contributed by atoms with van der Waals surface area (Å²) >= 11 is 0. The average Bonchev–Trinajstić information content (AvgIpc) is 2.38. The Morgan fingerprint density at radius 2 is 1.86 bits per heavy atom. The maximum absolute atomic E-state index is 12.6. The molecule has 0 bridgehead atoms. The van der Waals surface area contributed by atoms with Crippen molar-refractivity contribution in [2.45, 2.75) is 63.6 Å². The molecule has 21 heavy (non-hydrogen) atoms. The molecule has 0 spiro atoms. The van der Waals surface area contributed by atoms with Crippen LogP contribution in [0.2, 0.25) is 0 Å². The van der Waals surface area contributed by atoms with Crippen LogP contribution < -0.4 is 0 Å². The Morgan fingerprint density at radius 3 is 2.43 bits per heavy atom. The number of likely N-dealkylation sites (tertiary alicyclic amines) is 1. The van der Waals surface area contributed by atoms with Gasteiger partial charge >= 0.3 is 0 Å². The molecule has 0 aromatic rings. The Labute approximate surface area is 128 Å². The fourth-order valence-corrected chi connectivity index (χ4v) is 3.69. The standard InChI is InChI=1S/C16H30N2O3/c1-13-5-4-6-14(2)18(13)15(19)11-17(3)12-16(20)7-9-21-10-8-16/h13-14,20H,4-12H2,1-3H3. The van der Waals surface area contributed by atoms with E-state index in [0.29, 0.717) is 51.2 Å². The monoisotopic (exact) mass is 298 g/mol. The van der Waals surface area contributed by atoms with E-state index in [1.54, 1.807) is 0 Å². The van der Waals surface area contributed by atoms with Gasteiger partial charge in [-0.3, -0.25) is 9.69 Å². The number of carbonyl (C=O) groups is 1. The van der Waals surface area contributed by atoms with Gasteiger partial charge in [0.2, 0.25) is 5.91 Å². The summed E-state index contributed by atoms with van der Waals surface area (Å²) in [4.78, 5) is 16.5. The molecule has 5 nitrogen and oxygen atoms in total. The molecule has 2 aliphatic heterocycles. The Bertz CT molecular complexity index is 345. The molecule has 122 valence electrons. The van der Waals surface area contributed by atoms with Gasteiger partial charge in [0.25, 0.3) is 0 Å². The third kappa shape index (κ3) is 4.41. The summed E-state index contributed by atoms with van der Waals surface area (Å²) in [5, 5.41) is 10.5. The zero-order valence-corrected chi connectivity index (χ0v) is 13.7. The number of amides is 1. The van der Waals surface area contributed by atoms with Crippen LogP contribution in [0.1, 0.15) is 46.0 Å². The van der Waals surface area contributed by atoms with Crippen LogP contribution in [-0.4, -0.2) is 71.8 Å². The molecule has 2 aliphatic rings. The number of ether oxygens (including phenoxy) is 1. The number of likely N-dealkylation sites (N-methyl/N-ethyl adjacent to an activating group) is 1. The van der Waals surface area contributed by atoms with E-state index >= 15 is 0 Å². The van der Waals surface area contributed by atoms with Crippen LogP contribution in [0.15, 0.2) is 0 Å². The molecule has 2 saturated heterocycles. The third-order valence-corrected chi connectivity index (χ3v) is 4.87. The van der Waals surface area contributed by atoms with E-state index in [-0.39, 0.29) is 5.91 Å². The van der Waals surface area contributed by atoms with E-state index in [2.05, 4.69) is 13.8 Å². The first kappa shape index (κ1) is 16.7. The van der Waals surface area contributed by atoms with E-state index in [9.17, 15) is 9.90 Å². The maximum Gasteiger partial charge on any atom is 0.237 e. The van der Waals surface area contributed by atoms with Crippen LogP contribution in [0.25, 0.3) is 0 Å². The molecule has 2 rings (SSSR count). The summed E-state index contributed by atoms with van der Waals surface area (Å²) in [5.41, 5.74) is -0.702. The summed E-state index contributed by atoms with van der Waals surface area (Å²) in [7, 11) is 1.92. The number of aliphatic hydroxyl groups is 1. The van der Waals surface area contributed by atoms with Gasteiger partial charge in [0.15, 0.2) is 0 Å². The number of rotatable bonds is 4. The molecule has 2 atom stereocenters. The van der Waals surface area contributed by atoms with Crippen molar-refractivity contribution < 1.29 is 14.6 Å². The maximum atomic E-state index is 12.6. The van der Waals surface area contributed by atoms with E-state index < -0.39 is 5.60 Å². The van der Waals surface area contributed by atoms with Crippen molar-refractivity contribution in [3.05, 3.63) is 0 Å². The van der Waals surface area contributed by atoms with Crippen molar-refractivity contribution in [1.82, 2.24) is 9.80 Å².